The number of carbonyl (C=O) groups is 2. The van der Waals surface area contributed by atoms with E-state index >= 15 is 0 Å². The molecule has 1 aliphatic heterocycles. The molecule has 0 bridgehead atoms. The molecule has 6 heteroatoms. The molecule has 1 aromatic carbocycles. The van der Waals surface area contributed by atoms with Crippen LogP contribution < -0.4 is 4.74 Å². The minimum absolute atomic E-state index is 0.0103. The van der Waals surface area contributed by atoms with Crippen LogP contribution in [-0.4, -0.2) is 65.6 Å². The molecular weight excluding hydrogens is 332 g/mol. The van der Waals surface area contributed by atoms with Crippen LogP contribution in [0.15, 0.2) is 24.3 Å². The number of carboxylic acid groups (broad SMARTS) is 1. The lowest BCUT2D eigenvalue weighted by Gasteiger charge is -2.37. The van der Waals surface area contributed by atoms with Crippen LogP contribution in [0, 0.1) is 5.92 Å². The predicted molar refractivity (Wildman–Crippen MR) is 98.5 cm³/mol. The number of para-hydroxylation sites is 1. The van der Waals surface area contributed by atoms with E-state index in [9.17, 15) is 9.59 Å². The number of carbonyl (C=O) groups excluding carboxylic acids is 1. The van der Waals surface area contributed by atoms with Gasteiger partial charge in [0.15, 0.2) is 0 Å². The number of likely N-dealkylation sites (N-methyl/N-ethyl adjacent to an activating group) is 1. The number of benzene rings is 1. The highest BCUT2D eigenvalue weighted by Crippen LogP contribution is 2.31. The van der Waals surface area contributed by atoms with Crippen LogP contribution in [0.2, 0.25) is 0 Å². The zero-order valence-electron chi connectivity index (χ0n) is 15.4. The van der Waals surface area contributed by atoms with Crippen LogP contribution in [0.3, 0.4) is 0 Å². The minimum atomic E-state index is -0.799. The molecule has 0 unspecified atom stereocenters. The SMILES string of the molecule is CCN(CC(=O)O)C1CCN(C(=O)c2ccccc2OCC2CC2)CC1. The predicted octanol–water partition coefficient (Wildman–Crippen LogP) is 2.49. The van der Waals surface area contributed by atoms with Crippen LogP contribution in [0.4, 0.5) is 0 Å². The van der Waals surface area contributed by atoms with Crippen molar-refractivity contribution in [3.8, 4) is 5.75 Å². The van der Waals surface area contributed by atoms with Crippen molar-refractivity contribution >= 4 is 11.9 Å². The van der Waals surface area contributed by atoms with Gasteiger partial charge < -0.3 is 14.7 Å². The maximum absolute atomic E-state index is 12.9. The number of hydrogen-bond acceptors (Lipinski definition) is 4. The zero-order valence-corrected chi connectivity index (χ0v) is 15.4. The van der Waals surface area contributed by atoms with E-state index in [0.717, 1.165) is 12.8 Å². The highest BCUT2D eigenvalue weighted by molar-refractivity contribution is 5.97. The van der Waals surface area contributed by atoms with Crippen LogP contribution in [0.1, 0.15) is 43.0 Å². The molecule has 0 aromatic heterocycles. The molecule has 1 aliphatic carbocycles. The molecule has 2 aliphatic rings. The standard InChI is InChI=1S/C20H28N2O4/c1-2-21(13-19(23)24)16-9-11-22(12-10-16)20(25)17-5-3-4-6-18(17)26-14-15-7-8-15/h3-6,15-16H,2,7-14H2,1H3,(H,23,24). The summed E-state index contributed by atoms with van der Waals surface area (Å²) in [5, 5.41) is 9.04. The summed E-state index contributed by atoms with van der Waals surface area (Å²) in [4.78, 5) is 27.8. The summed E-state index contributed by atoms with van der Waals surface area (Å²) >= 11 is 0. The van der Waals surface area contributed by atoms with Gasteiger partial charge in [-0.2, -0.15) is 0 Å². The van der Waals surface area contributed by atoms with E-state index in [-0.39, 0.29) is 18.5 Å². The average molecular weight is 360 g/mol. The molecular formula is C20H28N2O4. The molecule has 0 spiro atoms. The van der Waals surface area contributed by atoms with Crippen molar-refractivity contribution < 1.29 is 19.4 Å². The fourth-order valence-electron chi connectivity index (χ4n) is 3.54. The summed E-state index contributed by atoms with van der Waals surface area (Å²) in [6.45, 7) is 4.74. The molecule has 0 radical (unpaired) electrons. The van der Waals surface area contributed by atoms with Crippen LogP contribution in [0.25, 0.3) is 0 Å². The molecule has 1 saturated heterocycles. The van der Waals surface area contributed by atoms with Crippen molar-refractivity contribution in [3.05, 3.63) is 29.8 Å². The van der Waals surface area contributed by atoms with E-state index in [2.05, 4.69) is 0 Å². The molecule has 1 N–H and O–H groups in total. The lowest BCUT2D eigenvalue weighted by molar-refractivity contribution is -0.139. The van der Waals surface area contributed by atoms with Crippen molar-refractivity contribution in [3.63, 3.8) is 0 Å². The molecule has 142 valence electrons. The van der Waals surface area contributed by atoms with Gasteiger partial charge in [-0.05, 0) is 50.3 Å². The fraction of sp³-hybridized carbons (Fsp3) is 0.600. The van der Waals surface area contributed by atoms with Gasteiger partial charge in [-0.1, -0.05) is 19.1 Å². The van der Waals surface area contributed by atoms with Gasteiger partial charge in [0.2, 0.25) is 0 Å². The summed E-state index contributed by atoms with van der Waals surface area (Å²) in [7, 11) is 0. The first-order chi connectivity index (χ1) is 12.6. The second kappa shape index (κ2) is 8.54. The van der Waals surface area contributed by atoms with E-state index < -0.39 is 5.97 Å². The summed E-state index contributed by atoms with van der Waals surface area (Å²) in [6, 6.07) is 7.70. The number of carboxylic acids is 1. The van der Waals surface area contributed by atoms with Crippen LogP contribution in [0.5, 0.6) is 5.75 Å². The third-order valence-electron chi connectivity index (χ3n) is 5.30. The van der Waals surface area contributed by atoms with E-state index in [1.807, 2.05) is 41.0 Å². The zero-order chi connectivity index (χ0) is 18.5. The maximum Gasteiger partial charge on any atom is 0.317 e. The number of likely N-dealkylation sites (tertiary alicyclic amines) is 1. The molecule has 1 saturated carbocycles. The Labute approximate surface area is 154 Å². The normalized spacial score (nSPS) is 18.2. The molecule has 6 nitrogen and oxygen atoms in total. The van der Waals surface area contributed by atoms with Crippen molar-refractivity contribution in [1.82, 2.24) is 9.80 Å². The molecule has 1 heterocycles. The van der Waals surface area contributed by atoms with Gasteiger partial charge in [0.25, 0.3) is 5.91 Å². The highest BCUT2D eigenvalue weighted by atomic mass is 16.5. The average Bonchev–Trinajstić information content (AvgIpc) is 3.48. The number of aliphatic carboxylic acids is 1. The summed E-state index contributed by atoms with van der Waals surface area (Å²) in [5.74, 6) is 0.527. The quantitative estimate of drug-likeness (QED) is 0.771. The number of piperidine rings is 1. The summed E-state index contributed by atoms with van der Waals surface area (Å²) < 4.78 is 5.87. The Morgan fingerprint density at radius 3 is 2.50 bits per heavy atom. The molecule has 1 amide bonds. The largest absolute Gasteiger partial charge is 0.492 e. The summed E-state index contributed by atoms with van der Waals surface area (Å²) in [6.07, 6.45) is 4.04. The van der Waals surface area contributed by atoms with Crippen molar-refractivity contribution in [2.45, 2.75) is 38.6 Å². The second-order valence-corrected chi connectivity index (χ2v) is 7.23. The maximum atomic E-state index is 12.9. The Morgan fingerprint density at radius 2 is 1.88 bits per heavy atom. The molecule has 2 fully saturated rings. The number of ether oxygens (including phenoxy) is 1. The number of hydrogen-bond donors (Lipinski definition) is 1. The Kier molecular flexibility index (Phi) is 6.14. The van der Waals surface area contributed by atoms with E-state index in [0.29, 0.717) is 43.5 Å². The topological polar surface area (TPSA) is 70.1 Å². The first-order valence-corrected chi connectivity index (χ1v) is 9.55. The lowest BCUT2D eigenvalue weighted by Crippen LogP contribution is -2.48. The van der Waals surface area contributed by atoms with Gasteiger partial charge in [0.05, 0.1) is 18.7 Å². The molecule has 3 rings (SSSR count). The van der Waals surface area contributed by atoms with Gasteiger partial charge >= 0.3 is 5.97 Å². The van der Waals surface area contributed by atoms with Gasteiger partial charge in [0, 0.05) is 19.1 Å². The smallest absolute Gasteiger partial charge is 0.317 e. The Balaban J connectivity index is 1.59. The van der Waals surface area contributed by atoms with Gasteiger partial charge in [-0.15, -0.1) is 0 Å². The van der Waals surface area contributed by atoms with Crippen molar-refractivity contribution in [2.24, 2.45) is 5.92 Å². The molecule has 0 atom stereocenters. The Morgan fingerprint density at radius 1 is 1.19 bits per heavy atom. The lowest BCUT2D eigenvalue weighted by atomic mass is 10.0. The van der Waals surface area contributed by atoms with Crippen LogP contribution >= 0.6 is 0 Å². The molecule has 1 aromatic rings. The minimum Gasteiger partial charge on any atom is -0.492 e. The monoisotopic (exact) mass is 360 g/mol. The van der Waals surface area contributed by atoms with E-state index in [1.165, 1.54) is 12.8 Å². The summed E-state index contributed by atoms with van der Waals surface area (Å²) in [5.41, 5.74) is 0.629. The van der Waals surface area contributed by atoms with Crippen LogP contribution in [-0.2, 0) is 4.79 Å². The van der Waals surface area contributed by atoms with Gasteiger partial charge in [-0.25, -0.2) is 0 Å². The van der Waals surface area contributed by atoms with Crippen molar-refractivity contribution in [2.75, 3.05) is 32.8 Å². The number of nitrogens with zero attached hydrogens (tertiary/aromatic N) is 2. The van der Waals surface area contributed by atoms with E-state index in [1.54, 1.807) is 0 Å². The van der Waals surface area contributed by atoms with Gasteiger partial charge in [0.1, 0.15) is 5.75 Å². The third-order valence-corrected chi connectivity index (χ3v) is 5.30. The first kappa shape index (κ1) is 18.7. The van der Waals surface area contributed by atoms with E-state index in [4.69, 9.17) is 9.84 Å². The number of amides is 1. The van der Waals surface area contributed by atoms with Crippen molar-refractivity contribution in [1.29, 1.82) is 0 Å². The Bertz CT molecular complexity index is 636. The third kappa shape index (κ3) is 4.75. The first-order valence-electron chi connectivity index (χ1n) is 9.55. The Hall–Kier alpha value is -2.08. The second-order valence-electron chi connectivity index (χ2n) is 7.23. The van der Waals surface area contributed by atoms with Gasteiger partial charge in [-0.3, -0.25) is 14.5 Å². The number of rotatable bonds is 8. The fourth-order valence-corrected chi connectivity index (χ4v) is 3.54. The highest BCUT2D eigenvalue weighted by Gasteiger charge is 2.29. The molecule has 26 heavy (non-hydrogen) atoms.